The van der Waals surface area contributed by atoms with Gasteiger partial charge in [0.2, 0.25) is 5.91 Å². The van der Waals surface area contributed by atoms with Gasteiger partial charge >= 0.3 is 6.03 Å². The minimum atomic E-state index is -1.34. The highest BCUT2D eigenvalue weighted by Gasteiger charge is 2.52. The van der Waals surface area contributed by atoms with Crippen molar-refractivity contribution < 1.29 is 18.8 Å². The van der Waals surface area contributed by atoms with Gasteiger partial charge in [-0.05, 0) is 46.8 Å². The summed E-state index contributed by atoms with van der Waals surface area (Å²) in [4.78, 5) is 40.8. The van der Waals surface area contributed by atoms with Crippen LogP contribution in [0.15, 0.2) is 34.7 Å². The van der Waals surface area contributed by atoms with Crippen molar-refractivity contribution in [3.05, 3.63) is 36.1 Å². The van der Waals surface area contributed by atoms with E-state index in [9.17, 15) is 14.4 Å². The van der Waals surface area contributed by atoms with E-state index < -0.39 is 17.5 Å². The molecule has 27 heavy (non-hydrogen) atoms. The van der Waals surface area contributed by atoms with Gasteiger partial charge in [-0.15, -0.1) is 0 Å². The zero-order chi connectivity index (χ0) is 19.9. The molecule has 1 aliphatic heterocycles. The van der Waals surface area contributed by atoms with E-state index in [0.717, 1.165) is 10.3 Å². The standard InChI is InChI=1S/C20H25N3O4/c1-12(2)23(13(3)4)17(24)11-22-18(25)20(5,21-19(22)26)16-10-14-8-6-7-9-15(14)27-16/h6-10,12-13H,11H2,1-5H3,(H,21,26). The van der Waals surface area contributed by atoms with E-state index in [1.54, 1.807) is 24.0 Å². The lowest BCUT2D eigenvalue weighted by atomic mass is 9.99. The van der Waals surface area contributed by atoms with E-state index >= 15 is 0 Å². The molecule has 2 aromatic rings. The Morgan fingerprint density at radius 2 is 1.81 bits per heavy atom. The Bertz CT molecular complexity index is 861. The third-order valence-corrected chi connectivity index (χ3v) is 4.89. The smallest absolute Gasteiger partial charge is 0.325 e. The molecule has 0 bridgehead atoms. The third kappa shape index (κ3) is 3.18. The summed E-state index contributed by atoms with van der Waals surface area (Å²) in [5.74, 6) is -0.411. The van der Waals surface area contributed by atoms with Gasteiger partial charge in [0.15, 0.2) is 5.54 Å². The van der Waals surface area contributed by atoms with Gasteiger partial charge in [-0.2, -0.15) is 0 Å². The molecule has 144 valence electrons. The summed E-state index contributed by atoms with van der Waals surface area (Å²) in [6.45, 7) is 8.92. The highest BCUT2D eigenvalue weighted by molar-refractivity contribution is 6.09. The second-order valence-electron chi connectivity index (χ2n) is 7.58. The number of hydrogen-bond acceptors (Lipinski definition) is 4. The van der Waals surface area contributed by atoms with Crippen molar-refractivity contribution in [3.63, 3.8) is 0 Å². The van der Waals surface area contributed by atoms with Crippen molar-refractivity contribution in [2.75, 3.05) is 6.54 Å². The lowest BCUT2D eigenvalue weighted by molar-refractivity contribution is -0.141. The van der Waals surface area contributed by atoms with Crippen LogP contribution in [0.3, 0.4) is 0 Å². The summed E-state index contributed by atoms with van der Waals surface area (Å²) in [6, 6.07) is 8.48. The maximum Gasteiger partial charge on any atom is 0.325 e. The maximum absolute atomic E-state index is 13.0. The first-order valence-electron chi connectivity index (χ1n) is 9.09. The Balaban J connectivity index is 1.87. The maximum atomic E-state index is 13.0. The number of fused-ring (bicyclic) bond motifs is 1. The molecule has 7 heteroatoms. The highest BCUT2D eigenvalue weighted by atomic mass is 16.3. The molecule has 0 radical (unpaired) electrons. The zero-order valence-electron chi connectivity index (χ0n) is 16.3. The normalized spacial score (nSPS) is 20.0. The summed E-state index contributed by atoms with van der Waals surface area (Å²) < 4.78 is 5.79. The monoisotopic (exact) mass is 371 g/mol. The molecule has 4 amide bonds. The van der Waals surface area contributed by atoms with Gasteiger partial charge in [0.25, 0.3) is 5.91 Å². The van der Waals surface area contributed by atoms with Crippen LogP contribution in [0.2, 0.25) is 0 Å². The van der Waals surface area contributed by atoms with E-state index in [4.69, 9.17) is 4.42 Å². The van der Waals surface area contributed by atoms with Crippen LogP contribution in [0, 0.1) is 0 Å². The molecule has 1 fully saturated rings. The number of furan rings is 1. The average molecular weight is 371 g/mol. The SMILES string of the molecule is CC(C)N(C(=O)CN1C(=O)NC(C)(c2cc3ccccc3o2)C1=O)C(C)C. The Labute approximate surface area is 158 Å². The zero-order valence-corrected chi connectivity index (χ0v) is 16.3. The van der Waals surface area contributed by atoms with Gasteiger partial charge in [-0.25, -0.2) is 4.79 Å². The van der Waals surface area contributed by atoms with Gasteiger partial charge in [0.1, 0.15) is 17.9 Å². The topological polar surface area (TPSA) is 82.9 Å². The number of nitrogens with one attached hydrogen (secondary N) is 1. The van der Waals surface area contributed by atoms with Crippen LogP contribution in [-0.2, 0) is 15.1 Å². The largest absolute Gasteiger partial charge is 0.458 e. The summed E-state index contributed by atoms with van der Waals surface area (Å²) in [5.41, 5.74) is -0.701. The first-order chi connectivity index (χ1) is 12.6. The molecule has 1 unspecified atom stereocenters. The second kappa shape index (κ2) is 6.72. The predicted octanol–water partition coefficient (Wildman–Crippen LogP) is 2.85. The molecular weight excluding hydrogens is 346 g/mol. The lowest BCUT2D eigenvalue weighted by Crippen LogP contribution is -2.49. The Hall–Kier alpha value is -2.83. The van der Waals surface area contributed by atoms with Crippen LogP contribution >= 0.6 is 0 Å². The number of carbonyl (C=O) groups excluding carboxylic acids is 3. The molecule has 0 saturated carbocycles. The number of hydrogen-bond donors (Lipinski definition) is 1. The fourth-order valence-corrected chi connectivity index (χ4v) is 3.62. The molecule has 2 heterocycles. The molecule has 1 aliphatic rings. The van der Waals surface area contributed by atoms with Crippen molar-refractivity contribution in [1.82, 2.24) is 15.1 Å². The number of rotatable bonds is 5. The Morgan fingerprint density at radius 1 is 1.19 bits per heavy atom. The van der Waals surface area contributed by atoms with E-state index in [1.807, 2.05) is 45.9 Å². The van der Waals surface area contributed by atoms with Gasteiger partial charge in [-0.3, -0.25) is 14.5 Å². The minimum absolute atomic E-state index is 0.0278. The average Bonchev–Trinajstić information content (AvgIpc) is 3.10. The van der Waals surface area contributed by atoms with Crippen molar-refractivity contribution in [3.8, 4) is 0 Å². The van der Waals surface area contributed by atoms with E-state index in [1.165, 1.54) is 0 Å². The first kappa shape index (κ1) is 18.9. The summed E-state index contributed by atoms with van der Waals surface area (Å²) >= 11 is 0. The van der Waals surface area contributed by atoms with Crippen molar-refractivity contribution in [2.24, 2.45) is 0 Å². The van der Waals surface area contributed by atoms with Crippen LogP contribution in [-0.4, -0.2) is 46.3 Å². The number of para-hydroxylation sites is 1. The molecule has 1 atom stereocenters. The molecule has 3 rings (SSSR count). The number of nitrogens with zero attached hydrogens (tertiary/aromatic N) is 2. The number of benzene rings is 1. The van der Waals surface area contributed by atoms with Crippen molar-refractivity contribution >= 4 is 28.8 Å². The van der Waals surface area contributed by atoms with Crippen molar-refractivity contribution in [1.29, 1.82) is 0 Å². The number of amides is 4. The fraction of sp³-hybridized carbons (Fsp3) is 0.450. The van der Waals surface area contributed by atoms with Crippen molar-refractivity contribution in [2.45, 2.75) is 52.2 Å². The second-order valence-corrected chi connectivity index (χ2v) is 7.58. The summed E-state index contributed by atoms with van der Waals surface area (Å²) in [7, 11) is 0. The van der Waals surface area contributed by atoms with E-state index in [2.05, 4.69) is 5.32 Å². The quantitative estimate of drug-likeness (QED) is 0.819. The number of carbonyl (C=O) groups is 3. The van der Waals surface area contributed by atoms with Crippen LogP contribution in [0.5, 0.6) is 0 Å². The van der Waals surface area contributed by atoms with E-state index in [-0.39, 0.29) is 24.5 Å². The van der Waals surface area contributed by atoms with Crippen LogP contribution in [0.4, 0.5) is 4.79 Å². The molecule has 0 aliphatic carbocycles. The van der Waals surface area contributed by atoms with Gasteiger partial charge in [-0.1, -0.05) is 18.2 Å². The fourth-order valence-electron chi connectivity index (χ4n) is 3.62. The Morgan fingerprint density at radius 3 is 2.41 bits per heavy atom. The summed E-state index contributed by atoms with van der Waals surface area (Å²) in [6.07, 6.45) is 0. The summed E-state index contributed by atoms with van der Waals surface area (Å²) in [5, 5.41) is 3.53. The molecule has 0 spiro atoms. The van der Waals surface area contributed by atoms with Gasteiger partial charge in [0, 0.05) is 17.5 Å². The number of imide groups is 1. The molecular formula is C20H25N3O4. The Kier molecular flexibility index (Phi) is 4.71. The van der Waals surface area contributed by atoms with E-state index in [0.29, 0.717) is 11.3 Å². The number of urea groups is 1. The predicted molar refractivity (Wildman–Crippen MR) is 101 cm³/mol. The van der Waals surface area contributed by atoms with Gasteiger partial charge < -0.3 is 14.6 Å². The minimum Gasteiger partial charge on any atom is -0.458 e. The van der Waals surface area contributed by atoms with Crippen LogP contribution in [0.25, 0.3) is 11.0 Å². The first-order valence-corrected chi connectivity index (χ1v) is 9.09. The molecule has 7 nitrogen and oxygen atoms in total. The lowest BCUT2D eigenvalue weighted by Gasteiger charge is -2.31. The van der Waals surface area contributed by atoms with Gasteiger partial charge in [0.05, 0.1) is 0 Å². The molecule has 1 aromatic carbocycles. The molecule has 1 saturated heterocycles. The highest BCUT2D eigenvalue weighted by Crippen LogP contribution is 2.33. The van der Waals surface area contributed by atoms with Crippen LogP contribution in [0.1, 0.15) is 40.4 Å². The third-order valence-electron chi connectivity index (χ3n) is 4.89. The van der Waals surface area contributed by atoms with Crippen LogP contribution < -0.4 is 5.32 Å². The molecule has 1 N–H and O–H groups in total. The molecule has 1 aromatic heterocycles.